The van der Waals surface area contributed by atoms with E-state index in [4.69, 9.17) is 0 Å². The van der Waals surface area contributed by atoms with Crippen LogP contribution in [-0.4, -0.2) is 18.0 Å². The zero-order valence-corrected chi connectivity index (χ0v) is 12.1. The smallest absolute Gasteiger partial charge is 0.239 e. The number of allylic oxidation sites excluding steroid dienone is 3. The van der Waals surface area contributed by atoms with Crippen LogP contribution in [0.3, 0.4) is 0 Å². The third kappa shape index (κ3) is 3.06. The van der Waals surface area contributed by atoms with Gasteiger partial charge in [0.2, 0.25) is 5.91 Å². The number of carbonyl (C=O) groups is 1. The fourth-order valence-electron chi connectivity index (χ4n) is 2.97. The highest BCUT2D eigenvalue weighted by atomic mass is 16.2. The van der Waals surface area contributed by atoms with Gasteiger partial charge in [0.15, 0.2) is 0 Å². The molecule has 0 radical (unpaired) electrons. The maximum atomic E-state index is 12.5. The average Bonchev–Trinajstić information content (AvgIpc) is 2.77. The van der Waals surface area contributed by atoms with Crippen molar-refractivity contribution in [2.24, 2.45) is 5.92 Å². The molecule has 1 amide bonds. The normalized spacial score (nSPS) is 28.7. The van der Waals surface area contributed by atoms with Crippen LogP contribution in [0.5, 0.6) is 0 Å². The van der Waals surface area contributed by atoms with Crippen molar-refractivity contribution < 1.29 is 4.79 Å². The number of benzene rings is 1. The van der Waals surface area contributed by atoms with Gasteiger partial charge in [-0.1, -0.05) is 54.6 Å². The van der Waals surface area contributed by atoms with Gasteiger partial charge < -0.3 is 5.32 Å². The van der Waals surface area contributed by atoms with Gasteiger partial charge in [-0.2, -0.15) is 0 Å². The van der Waals surface area contributed by atoms with Crippen LogP contribution in [-0.2, 0) is 4.79 Å². The quantitative estimate of drug-likeness (QED) is 0.793. The third-order valence-corrected chi connectivity index (χ3v) is 4.21. The van der Waals surface area contributed by atoms with Crippen molar-refractivity contribution in [3.05, 3.63) is 60.2 Å². The lowest BCUT2D eigenvalue weighted by molar-refractivity contribution is -0.124. The fraction of sp³-hybridized carbons (Fsp3) is 0.353. The molecule has 1 fully saturated rings. The largest absolute Gasteiger partial charge is 0.348 e. The van der Waals surface area contributed by atoms with Crippen molar-refractivity contribution in [1.29, 1.82) is 0 Å². The Balaban J connectivity index is 1.66. The zero-order chi connectivity index (χ0) is 14.7. The average molecular weight is 283 g/mol. The molecule has 1 aliphatic heterocycles. The Morgan fingerprint density at radius 3 is 2.86 bits per heavy atom. The standard InChI is InChI=1S/C17H21N3O/c1-12(13-8-4-2-5-9-13)18-17(21)16-14-10-6-3-7-11-15(14)19-20-16/h2-9,11-12,14-16,19-20H,10H2,1H3,(H,18,21)/t12-,14?,15?,16?/m0/s1. The summed E-state index contributed by atoms with van der Waals surface area (Å²) in [6.07, 6.45) is 9.20. The molecule has 21 heavy (non-hydrogen) atoms. The van der Waals surface area contributed by atoms with Crippen LogP contribution in [0, 0.1) is 5.92 Å². The number of rotatable bonds is 3. The zero-order valence-electron chi connectivity index (χ0n) is 12.1. The van der Waals surface area contributed by atoms with Crippen molar-refractivity contribution in [1.82, 2.24) is 16.2 Å². The Morgan fingerprint density at radius 2 is 2.05 bits per heavy atom. The minimum Gasteiger partial charge on any atom is -0.348 e. The van der Waals surface area contributed by atoms with Gasteiger partial charge in [0.1, 0.15) is 6.04 Å². The lowest BCUT2D eigenvalue weighted by atomic mass is 9.91. The lowest BCUT2D eigenvalue weighted by Gasteiger charge is -2.21. The molecular weight excluding hydrogens is 262 g/mol. The van der Waals surface area contributed by atoms with E-state index in [0.717, 1.165) is 12.0 Å². The molecule has 2 aliphatic rings. The Kier molecular flexibility index (Phi) is 4.18. The summed E-state index contributed by atoms with van der Waals surface area (Å²) in [7, 11) is 0. The first-order chi connectivity index (χ1) is 10.3. The van der Waals surface area contributed by atoms with E-state index in [9.17, 15) is 4.79 Å². The molecule has 1 aromatic rings. The van der Waals surface area contributed by atoms with Gasteiger partial charge in [0, 0.05) is 12.0 Å². The van der Waals surface area contributed by atoms with Gasteiger partial charge in [0.05, 0.1) is 6.04 Å². The minimum atomic E-state index is -0.200. The van der Waals surface area contributed by atoms with Crippen molar-refractivity contribution in [2.45, 2.75) is 31.5 Å². The van der Waals surface area contributed by atoms with E-state index in [2.05, 4.69) is 28.3 Å². The van der Waals surface area contributed by atoms with E-state index in [-0.39, 0.29) is 30.0 Å². The van der Waals surface area contributed by atoms with E-state index >= 15 is 0 Å². The Morgan fingerprint density at radius 1 is 1.24 bits per heavy atom. The summed E-state index contributed by atoms with van der Waals surface area (Å²) >= 11 is 0. The molecule has 4 nitrogen and oxygen atoms in total. The second-order valence-electron chi connectivity index (χ2n) is 5.65. The number of amides is 1. The van der Waals surface area contributed by atoms with Crippen molar-refractivity contribution in [3.63, 3.8) is 0 Å². The highest BCUT2D eigenvalue weighted by Crippen LogP contribution is 2.23. The molecule has 0 bridgehead atoms. The summed E-state index contributed by atoms with van der Waals surface area (Å²) in [6, 6.07) is 10.0. The molecule has 1 heterocycles. The first-order valence-electron chi connectivity index (χ1n) is 7.45. The van der Waals surface area contributed by atoms with E-state index in [1.54, 1.807) is 0 Å². The summed E-state index contributed by atoms with van der Waals surface area (Å²) in [6.45, 7) is 2.01. The number of hydrogen-bond acceptors (Lipinski definition) is 3. The molecule has 1 saturated heterocycles. The van der Waals surface area contributed by atoms with Gasteiger partial charge in [-0.15, -0.1) is 0 Å². The van der Waals surface area contributed by atoms with Crippen LogP contribution in [0.4, 0.5) is 0 Å². The van der Waals surface area contributed by atoms with E-state index < -0.39 is 0 Å². The van der Waals surface area contributed by atoms with Gasteiger partial charge in [-0.05, 0) is 18.9 Å². The van der Waals surface area contributed by atoms with Crippen LogP contribution in [0.2, 0.25) is 0 Å². The van der Waals surface area contributed by atoms with E-state index in [1.165, 1.54) is 0 Å². The molecule has 0 saturated carbocycles. The first kappa shape index (κ1) is 14.0. The van der Waals surface area contributed by atoms with Crippen LogP contribution in [0.15, 0.2) is 54.6 Å². The molecule has 3 unspecified atom stereocenters. The second-order valence-corrected chi connectivity index (χ2v) is 5.65. The Labute approximate surface area is 125 Å². The van der Waals surface area contributed by atoms with Crippen LogP contribution >= 0.6 is 0 Å². The van der Waals surface area contributed by atoms with Crippen LogP contribution < -0.4 is 16.2 Å². The monoisotopic (exact) mass is 283 g/mol. The molecular formula is C17H21N3O. The maximum absolute atomic E-state index is 12.5. The molecule has 1 aromatic carbocycles. The Hall–Kier alpha value is -1.91. The maximum Gasteiger partial charge on any atom is 0.239 e. The number of fused-ring (bicyclic) bond motifs is 1. The molecule has 0 spiro atoms. The SMILES string of the molecule is C[C@H](NC(=O)C1NNC2C=CC=CCC21)c1ccccc1. The van der Waals surface area contributed by atoms with E-state index in [1.807, 2.05) is 49.4 Å². The minimum absolute atomic E-state index is 0.0106. The van der Waals surface area contributed by atoms with Gasteiger partial charge >= 0.3 is 0 Å². The topological polar surface area (TPSA) is 53.2 Å². The summed E-state index contributed by atoms with van der Waals surface area (Å²) in [4.78, 5) is 12.5. The number of hydrazine groups is 1. The molecule has 4 atom stereocenters. The van der Waals surface area contributed by atoms with Gasteiger partial charge in [-0.3, -0.25) is 4.79 Å². The van der Waals surface area contributed by atoms with E-state index in [0.29, 0.717) is 0 Å². The lowest BCUT2D eigenvalue weighted by Crippen LogP contribution is -2.46. The van der Waals surface area contributed by atoms with Crippen LogP contribution in [0.25, 0.3) is 0 Å². The predicted molar refractivity (Wildman–Crippen MR) is 83.2 cm³/mol. The summed E-state index contributed by atoms with van der Waals surface area (Å²) < 4.78 is 0. The third-order valence-electron chi connectivity index (χ3n) is 4.21. The van der Waals surface area contributed by atoms with Crippen molar-refractivity contribution in [3.8, 4) is 0 Å². The number of carbonyl (C=O) groups excluding carboxylic acids is 1. The highest BCUT2D eigenvalue weighted by molar-refractivity contribution is 5.83. The molecule has 4 heteroatoms. The van der Waals surface area contributed by atoms with Crippen LogP contribution in [0.1, 0.15) is 24.9 Å². The van der Waals surface area contributed by atoms with Gasteiger partial charge in [0.25, 0.3) is 0 Å². The van der Waals surface area contributed by atoms with Crippen molar-refractivity contribution >= 4 is 5.91 Å². The second kappa shape index (κ2) is 6.24. The summed E-state index contributed by atoms with van der Waals surface area (Å²) in [5.41, 5.74) is 7.46. The fourth-order valence-corrected chi connectivity index (χ4v) is 2.97. The number of nitrogens with one attached hydrogen (secondary N) is 3. The highest BCUT2D eigenvalue weighted by Gasteiger charge is 2.38. The molecule has 110 valence electrons. The molecule has 1 aliphatic carbocycles. The molecule has 3 N–H and O–H groups in total. The molecule has 0 aromatic heterocycles. The summed E-state index contributed by atoms with van der Waals surface area (Å²) in [5.74, 6) is 0.304. The Bertz CT molecular complexity index is 552. The van der Waals surface area contributed by atoms with Crippen molar-refractivity contribution in [2.75, 3.05) is 0 Å². The van der Waals surface area contributed by atoms with Gasteiger partial charge in [-0.25, -0.2) is 10.9 Å². The first-order valence-corrected chi connectivity index (χ1v) is 7.45. The predicted octanol–water partition coefficient (Wildman–Crippen LogP) is 1.84. The summed E-state index contributed by atoms with van der Waals surface area (Å²) in [5, 5.41) is 3.10. The number of hydrogen-bond donors (Lipinski definition) is 3. The molecule has 3 rings (SSSR count).